The fraction of sp³-hybridized carbons (Fsp3) is 0.318. The molecule has 32 heavy (non-hydrogen) atoms. The third-order valence-corrected chi connectivity index (χ3v) is 5.56. The molecule has 1 fully saturated rings. The normalized spacial score (nSPS) is 17.3. The maximum Gasteiger partial charge on any atom is 0.417 e. The minimum absolute atomic E-state index is 0.321. The van der Waals surface area contributed by atoms with Gasteiger partial charge in [0.1, 0.15) is 12.5 Å². The van der Waals surface area contributed by atoms with Crippen LogP contribution < -0.4 is 4.90 Å². The lowest BCUT2D eigenvalue weighted by molar-refractivity contribution is -0.137. The first-order valence-corrected chi connectivity index (χ1v) is 9.97. The Morgan fingerprint density at radius 1 is 1.09 bits per heavy atom. The SMILES string of the molecule is [C-]#[N+]c1ccc(-c2[nH]ncc2CN2CCN(c3ccc(C(F)(F)F)cn3)C[C@H]2CF)cc1. The molecule has 0 bridgehead atoms. The summed E-state index contributed by atoms with van der Waals surface area (Å²) in [7, 11) is 0. The van der Waals surface area contributed by atoms with Crippen LogP contribution in [0.25, 0.3) is 16.1 Å². The summed E-state index contributed by atoms with van der Waals surface area (Å²) in [6.45, 7) is 8.31. The number of benzene rings is 1. The summed E-state index contributed by atoms with van der Waals surface area (Å²) in [6, 6.07) is 9.03. The maximum atomic E-state index is 13.9. The van der Waals surface area contributed by atoms with Crippen LogP contribution in [0.4, 0.5) is 29.1 Å². The van der Waals surface area contributed by atoms with Crippen LogP contribution in [0.5, 0.6) is 0 Å². The zero-order valence-corrected chi connectivity index (χ0v) is 17.0. The van der Waals surface area contributed by atoms with E-state index in [1.807, 2.05) is 17.0 Å². The molecule has 3 heterocycles. The van der Waals surface area contributed by atoms with Crippen molar-refractivity contribution in [2.75, 3.05) is 31.2 Å². The van der Waals surface area contributed by atoms with Gasteiger partial charge < -0.3 is 4.90 Å². The molecule has 0 unspecified atom stereocenters. The number of pyridine rings is 1. The molecule has 1 atom stereocenters. The number of nitrogens with zero attached hydrogens (tertiary/aromatic N) is 5. The second kappa shape index (κ2) is 8.96. The van der Waals surface area contributed by atoms with Gasteiger partial charge in [-0.25, -0.2) is 14.2 Å². The van der Waals surface area contributed by atoms with E-state index >= 15 is 0 Å². The third kappa shape index (κ3) is 4.57. The Hall–Kier alpha value is -3.45. The highest BCUT2D eigenvalue weighted by Crippen LogP contribution is 2.30. The quantitative estimate of drug-likeness (QED) is 0.458. The first-order chi connectivity index (χ1) is 15.4. The zero-order chi connectivity index (χ0) is 22.7. The van der Waals surface area contributed by atoms with E-state index < -0.39 is 24.5 Å². The van der Waals surface area contributed by atoms with Crippen LogP contribution in [-0.2, 0) is 12.7 Å². The van der Waals surface area contributed by atoms with Gasteiger partial charge in [-0.05, 0) is 17.7 Å². The lowest BCUT2D eigenvalue weighted by Crippen LogP contribution is -2.54. The molecule has 166 valence electrons. The molecule has 4 rings (SSSR count). The number of H-pyrrole nitrogens is 1. The Morgan fingerprint density at radius 3 is 2.50 bits per heavy atom. The molecule has 1 aromatic carbocycles. The van der Waals surface area contributed by atoms with Crippen LogP contribution in [0.2, 0.25) is 0 Å². The van der Waals surface area contributed by atoms with Crippen LogP contribution >= 0.6 is 0 Å². The van der Waals surface area contributed by atoms with Crippen molar-refractivity contribution in [2.45, 2.75) is 18.8 Å². The minimum atomic E-state index is -4.44. The number of rotatable bonds is 5. The number of halogens is 4. The number of aromatic amines is 1. The minimum Gasteiger partial charge on any atom is -0.354 e. The Labute approximate surface area is 182 Å². The average Bonchev–Trinajstić information content (AvgIpc) is 3.27. The van der Waals surface area contributed by atoms with Gasteiger partial charge in [0.15, 0.2) is 5.69 Å². The Balaban J connectivity index is 1.46. The predicted molar refractivity (Wildman–Crippen MR) is 112 cm³/mol. The van der Waals surface area contributed by atoms with Crippen LogP contribution in [0.1, 0.15) is 11.1 Å². The van der Waals surface area contributed by atoms with E-state index in [0.717, 1.165) is 29.1 Å². The second-order valence-electron chi connectivity index (χ2n) is 7.56. The van der Waals surface area contributed by atoms with E-state index in [1.54, 1.807) is 23.2 Å². The van der Waals surface area contributed by atoms with Crippen LogP contribution in [-0.4, -0.2) is 52.4 Å². The monoisotopic (exact) mass is 444 g/mol. The van der Waals surface area contributed by atoms with Crippen molar-refractivity contribution >= 4 is 11.5 Å². The first kappa shape index (κ1) is 21.8. The van der Waals surface area contributed by atoms with E-state index in [9.17, 15) is 17.6 Å². The van der Waals surface area contributed by atoms with E-state index in [0.29, 0.717) is 37.7 Å². The third-order valence-electron chi connectivity index (χ3n) is 5.56. The number of nitrogens with one attached hydrogen (secondary N) is 1. The number of anilines is 1. The van der Waals surface area contributed by atoms with Crippen LogP contribution in [0.15, 0.2) is 48.8 Å². The molecule has 10 heteroatoms. The largest absolute Gasteiger partial charge is 0.417 e. The molecular formula is C22H20F4N6. The van der Waals surface area contributed by atoms with Gasteiger partial charge in [-0.3, -0.25) is 10.00 Å². The fourth-order valence-corrected chi connectivity index (χ4v) is 3.80. The fourth-order valence-electron chi connectivity index (χ4n) is 3.80. The van der Waals surface area contributed by atoms with E-state index in [4.69, 9.17) is 6.57 Å². The van der Waals surface area contributed by atoms with Crippen molar-refractivity contribution in [2.24, 2.45) is 0 Å². The average molecular weight is 444 g/mol. The smallest absolute Gasteiger partial charge is 0.354 e. The van der Waals surface area contributed by atoms with Crippen LogP contribution in [0, 0.1) is 6.57 Å². The molecule has 2 aromatic heterocycles. The summed E-state index contributed by atoms with van der Waals surface area (Å²) in [5.41, 5.74) is 2.33. The van der Waals surface area contributed by atoms with Gasteiger partial charge in [-0.2, -0.15) is 18.3 Å². The van der Waals surface area contributed by atoms with Gasteiger partial charge in [0.2, 0.25) is 0 Å². The van der Waals surface area contributed by atoms with Gasteiger partial charge in [0.05, 0.1) is 30.1 Å². The Bertz CT molecular complexity index is 1090. The van der Waals surface area contributed by atoms with Crippen LogP contribution in [0.3, 0.4) is 0 Å². The topological polar surface area (TPSA) is 52.4 Å². The lowest BCUT2D eigenvalue weighted by Gasteiger charge is -2.40. The molecule has 1 saturated heterocycles. The zero-order valence-electron chi connectivity index (χ0n) is 17.0. The summed E-state index contributed by atoms with van der Waals surface area (Å²) in [5.74, 6) is 0.403. The Morgan fingerprint density at radius 2 is 1.88 bits per heavy atom. The number of hydrogen-bond acceptors (Lipinski definition) is 4. The molecule has 0 spiro atoms. The molecule has 1 aliphatic rings. The number of aromatic nitrogens is 3. The molecule has 0 radical (unpaired) electrons. The predicted octanol–water partition coefficient (Wildman–Crippen LogP) is 4.70. The number of alkyl halides is 4. The summed E-state index contributed by atoms with van der Waals surface area (Å²) >= 11 is 0. The van der Waals surface area contributed by atoms with Crippen molar-refractivity contribution < 1.29 is 17.6 Å². The Kier molecular flexibility index (Phi) is 6.10. The summed E-state index contributed by atoms with van der Waals surface area (Å²) in [5, 5.41) is 7.10. The number of piperazine rings is 1. The highest BCUT2D eigenvalue weighted by molar-refractivity contribution is 5.65. The summed E-state index contributed by atoms with van der Waals surface area (Å²) in [4.78, 5) is 11.1. The van der Waals surface area contributed by atoms with Gasteiger partial charge in [0.25, 0.3) is 0 Å². The van der Waals surface area contributed by atoms with Crippen molar-refractivity contribution in [3.63, 3.8) is 0 Å². The molecule has 0 amide bonds. The van der Waals surface area contributed by atoms with Crippen molar-refractivity contribution in [1.29, 1.82) is 0 Å². The highest BCUT2D eigenvalue weighted by atomic mass is 19.4. The van der Waals surface area contributed by atoms with Gasteiger partial charge in [0, 0.05) is 37.9 Å². The van der Waals surface area contributed by atoms with Crippen molar-refractivity contribution in [1.82, 2.24) is 20.1 Å². The highest BCUT2D eigenvalue weighted by Gasteiger charge is 2.32. The van der Waals surface area contributed by atoms with Crippen molar-refractivity contribution in [3.8, 4) is 11.3 Å². The molecule has 3 aromatic rings. The standard InChI is InChI=1S/C22H20F4N6/c1-27-18-5-2-15(3-6-18)21-16(11-29-30-21)13-31-8-9-32(14-19(31)10-23)20-7-4-17(12-28-20)22(24,25)26/h2-7,11-12,19H,8-10,13-14H2,(H,29,30)/t19-/m1/s1. The van der Waals surface area contributed by atoms with E-state index in [-0.39, 0.29) is 0 Å². The molecular weight excluding hydrogens is 424 g/mol. The molecule has 0 aliphatic carbocycles. The van der Waals surface area contributed by atoms with E-state index in [1.165, 1.54) is 6.07 Å². The van der Waals surface area contributed by atoms with E-state index in [2.05, 4.69) is 20.0 Å². The summed E-state index contributed by atoms with van der Waals surface area (Å²) in [6.07, 6.45) is -1.93. The summed E-state index contributed by atoms with van der Waals surface area (Å²) < 4.78 is 52.2. The molecule has 1 aliphatic heterocycles. The molecule has 0 saturated carbocycles. The number of hydrogen-bond donors (Lipinski definition) is 1. The first-order valence-electron chi connectivity index (χ1n) is 9.97. The second-order valence-corrected chi connectivity index (χ2v) is 7.56. The maximum absolute atomic E-state index is 13.9. The molecule has 1 N–H and O–H groups in total. The van der Waals surface area contributed by atoms with Gasteiger partial charge in [-0.1, -0.05) is 24.3 Å². The molecule has 6 nitrogen and oxygen atoms in total. The van der Waals surface area contributed by atoms with Gasteiger partial charge >= 0.3 is 6.18 Å². The van der Waals surface area contributed by atoms with Gasteiger partial charge in [-0.15, -0.1) is 0 Å². The lowest BCUT2D eigenvalue weighted by atomic mass is 10.1. The van der Waals surface area contributed by atoms with Crippen molar-refractivity contribution in [3.05, 3.63) is 71.3 Å².